The van der Waals surface area contributed by atoms with Crippen molar-refractivity contribution in [2.24, 2.45) is 0 Å². The van der Waals surface area contributed by atoms with E-state index in [2.05, 4.69) is 10.6 Å². The van der Waals surface area contributed by atoms with E-state index in [-0.39, 0.29) is 5.70 Å². The average Bonchev–Trinajstić information content (AvgIpc) is 3.27. The van der Waals surface area contributed by atoms with Crippen LogP contribution in [0.2, 0.25) is 0 Å². The summed E-state index contributed by atoms with van der Waals surface area (Å²) in [4.78, 5) is 25.5. The molecule has 1 heterocycles. The third kappa shape index (κ3) is 5.51. The molecule has 154 valence electrons. The highest BCUT2D eigenvalue weighted by Crippen LogP contribution is 2.18. The van der Waals surface area contributed by atoms with Crippen LogP contribution < -0.4 is 20.1 Å². The van der Waals surface area contributed by atoms with E-state index in [0.717, 1.165) is 0 Å². The Balaban J connectivity index is 1.80. The predicted octanol–water partition coefficient (Wildman–Crippen LogP) is 4.10. The Kier molecular flexibility index (Phi) is 6.89. The number of benzene rings is 2. The molecule has 3 rings (SSSR count). The highest BCUT2D eigenvalue weighted by atomic mass is 16.5. The molecule has 0 saturated heterocycles. The fraction of sp³-hybridized carbons (Fsp3) is 0.130. The maximum Gasteiger partial charge on any atom is 0.272 e. The van der Waals surface area contributed by atoms with Gasteiger partial charge in [-0.05, 0) is 55.5 Å². The van der Waals surface area contributed by atoms with E-state index < -0.39 is 11.8 Å². The summed E-state index contributed by atoms with van der Waals surface area (Å²) >= 11 is 0. The van der Waals surface area contributed by atoms with E-state index in [1.165, 1.54) is 12.3 Å². The van der Waals surface area contributed by atoms with Gasteiger partial charge >= 0.3 is 0 Å². The lowest BCUT2D eigenvalue weighted by Crippen LogP contribution is -2.30. The van der Waals surface area contributed by atoms with Gasteiger partial charge in [0, 0.05) is 23.4 Å². The molecule has 0 fully saturated rings. The lowest BCUT2D eigenvalue weighted by atomic mass is 10.2. The van der Waals surface area contributed by atoms with Gasteiger partial charge in [-0.25, -0.2) is 0 Å². The molecule has 0 bridgehead atoms. The Morgan fingerprint density at radius 1 is 1.03 bits per heavy atom. The molecule has 2 aromatic carbocycles. The molecule has 2 N–H and O–H groups in total. The molecule has 0 aliphatic carbocycles. The summed E-state index contributed by atoms with van der Waals surface area (Å²) in [6, 6.07) is 16.9. The smallest absolute Gasteiger partial charge is 0.272 e. The Bertz CT molecular complexity index is 1020. The van der Waals surface area contributed by atoms with E-state index in [4.69, 9.17) is 13.9 Å². The topological polar surface area (TPSA) is 89.8 Å². The van der Waals surface area contributed by atoms with Gasteiger partial charge in [-0.15, -0.1) is 0 Å². The van der Waals surface area contributed by atoms with Crippen LogP contribution in [-0.4, -0.2) is 25.5 Å². The van der Waals surface area contributed by atoms with Crippen molar-refractivity contribution >= 4 is 23.6 Å². The minimum Gasteiger partial charge on any atom is -0.497 e. The van der Waals surface area contributed by atoms with Crippen LogP contribution in [0.1, 0.15) is 23.0 Å². The molecular formula is C23H22N2O5. The van der Waals surface area contributed by atoms with Crippen molar-refractivity contribution in [3.05, 3.63) is 83.9 Å². The lowest BCUT2D eigenvalue weighted by Gasteiger charge is -2.12. The van der Waals surface area contributed by atoms with Crippen molar-refractivity contribution in [2.75, 3.05) is 19.0 Å². The Hall–Kier alpha value is -4.00. The first kappa shape index (κ1) is 20.7. The third-order valence-corrected chi connectivity index (χ3v) is 4.08. The predicted molar refractivity (Wildman–Crippen MR) is 113 cm³/mol. The van der Waals surface area contributed by atoms with Gasteiger partial charge in [-0.3, -0.25) is 9.59 Å². The largest absolute Gasteiger partial charge is 0.497 e. The molecule has 0 unspecified atom stereocenters. The zero-order chi connectivity index (χ0) is 21.3. The van der Waals surface area contributed by atoms with Crippen molar-refractivity contribution in [2.45, 2.75) is 6.92 Å². The number of hydrogen-bond donors (Lipinski definition) is 2. The first-order valence-electron chi connectivity index (χ1n) is 9.34. The number of carbonyl (C=O) groups excluding carboxylic acids is 2. The number of furan rings is 1. The number of ether oxygens (including phenoxy) is 2. The van der Waals surface area contributed by atoms with E-state index in [0.29, 0.717) is 35.1 Å². The van der Waals surface area contributed by atoms with Crippen molar-refractivity contribution in [3.8, 4) is 11.5 Å². The quantitative estimate of drug-likeness (QED) is 0.550. The fourth-order valence-electron chi connectivity index (χ4n) is 2.64. The van der Waals surface area contributed by atoms with Gasteiger partial charge in [0.2, 0.25) is 0 Å². The summed E-state index contributed by atoms with van der Waals surface area (Å²) in [7, 11) is 1.55. The Morgan fingerprint density at radius 3 is 2.50 bits per heavy atom. The minimum atomic E-state index is -0.498. The summed E-state index contributed by atoms with van der Waals surface area (Å²) in [5.74, 6) is 0.757. The molecule has 1 aromatic heterocycles. The van der Waals surface area contributed by atoms with E-state index in [9.17, 15) is 9.59 Å². The monoisotopic (exact) mass is 406 g/mol. The summed E-state index contributed by atoms with van der Waals surface area (Å²) < 4.78 is 15.8. The van der Waals surface area contributed by atoms with E-state index in [1.807, 2.05) is 6.92 Å². The van der Waals surface area contributed by atoms with Crippen molar-refractivity contribution in [1.82, 2.24) is 5.32 Å². The molecule has 0 spiro atoms. The lowest BCUT2D eigenvalue weighted by molar-refractivity contribution is -0.113. The van der Waals surface area contributed by atoms with Gasteiger partial charge in [0.25, 0.3) is 11.8 Å². The van der Waals surface area contributed by atoms with Gasteiger partial charge < -0.3 is 24.5 Å². The van der Waals surface area contributed by atoms with Crippen molar-refractivity contribution in [3.63, 3.8) is 0 Å². The number of methoxy groups -OCH3 is 1. The number of amides is 2. The minimum absolute atomic E-state index is 0.0348. The van der Waals surface area contributed by atoms with Crippen LogP contribution in [0.15, 0.2) is 77.0 Å². The normalized spacial score (nSPS) is 10.9. The molecule has 0 aliphatic heterocycles. The summed E-state index contributed by atoms with van der Waals surface area (Å²) in [5, 5.41) is 5.41. The van der Waals surface area contributed by atoms with Gasteiger partial charge in [-0.1, -0.05) is 6.07 Å². The highest BCUT2D eigenvalue weighted by Gasteiger charge is 2.16. The van der Waals surface area contributed by atoms with Crippen molar-refractivity contribution < 1.29 is 23.5 Å². The molecule has 0 aliphatic rings. The number of anilines is 1. The molecule has 0 atom stereocenters. The van der Waals surface area contributed by atoms with Gasteiger partial charge in [-0.2, -0.15) is 0 Å². The third-order valence-electron chi connectivity index (χ3n) is 4.08. The molecule has 2 amide bonds. The second kappa shape index (κ2) is 9.97. The van der Waals surface area contributed by atoms with Crippen LogP contribution in [0, 0.1) is 0 Å². The summed E-state index contributed by atoms with van der Waals surface area (Å²) in [5.41, 5.74) is 0.954. The Morgan fingerprint density at radius 2 is 1.83 bits per heavy atom. The number of nitrogens with one attached hydrogen (secondary N) is 2. The zero-order valence-electron chi connectivity index (χ0n) is 16.7. The van der Waals surface area contributed by atoms with Crippen LogP contribution in [0.25, 0.3) is 6.08 Å². The Labute approximate surface area is 174 Å². The molecule has 30 heavy (non-hydrogen) atoms. The number of carbonyl (C=O) groups is 2. The van der Waals surface area contributed by atoms with E-state index in [1.54, 1.807) is 67.8 Å². The molecule has 7 nitrogen and oxygen atoms in total. The van der Waals surface area contributed by atoms with Crippen LogP contribution in [0.5, 0.6) is 11.5 Å². The molecule has 0 radical (unpaired) electrons. The highest BCUT2D eigenvalue weighted by molar-refractivity contribution is 6.10. The summed E-state index contributed by atoms with van der Waals surface area (Å²) in [6.07, 6.45) is 2.95. The molecule has 7 heteroatoms. The van der Waals surface area contributed by atoms with Gasteiger partial charge in [0.15, 0.2) is 0 Å². The van der Waals surface area contributed by atoms with Crippen molar-refractivity contribution in [1.29, 1.82) is 0 Å². The zero-order valence-corrected chi connectivity index (χ0v) is 16.7. The maximum absolute atomic E-state index is 12.9. The number of rotatable bonds is 8. The molecular weight excluding hydrogens is 384 g/mol. The SMILES string of the molecule is CCOc1cccc(NC(=O)/C(=C/c2ccco2)NC(=O)c2ccc(OC)cc2)c1. The number of hydrogen-bond acceptors (Lipinski definition) is 5. The summed E-state index contributed by atoms with van der Waals surface area (Å²) in [6.45, 7) is 2.39. The van der Waals surface area contributed by atoms with Crippen LogP contribution >= 0.6 is 0 Å². The van der Waals surface area contributed by atoms with Gasteiger partial charge in [0.1, 0.15) is 23.0 Å². The first-order chi connectivity index (χ1) is 14.6. The van der Waals surface area contributed by atoms with Crippen LogP contribution in [0.4, 0.5) is 5.69 Å². The molecule has 3 aromatic rings. The van der Waals surface area contributed by atoms with E-state index >= 15 is 0 Å². The fourth-order valence-corrected chi connectivity index (χ4v) is 2.64. The van der Waals surface area contributed by atoms with Crippen LogP contribution in [0.3, 0.4) is 0 Å². The van der Waals surface area contributed by atoms with Crippen LogP contribution in [-0.2, 0) is 4.79 Å². The standard InChI is InChI=1S/C23H22N2O5/c1-3-29-19-7-4-6-17(14-19)24-23(27)21(15-20-8-5-13-30-20)25-22(26)16-9-11-18(28-2)12-10-16/h4-15H,3H2,1-2H3,(H,24,27)(H,25,26)/b21-15-. The molecule has 0 saturated carbocycles. The average molecular weight is 406 g/mol. The second-order valence-electron chi connectivity index (χ2n) is 6.17. The second-order valence-corrected chi connectivity index (χ2v) is 6.17. The maximum atomic E-state index is 12.9. The first-order valence-corrected chi connectivity index (χ1v) is 9.34. The van der Waals surface area contributed by atoms with Gasteiger partial charge in [0.05, 0.1) is 20.0 Å².